The van der Waals surface area contributed by atoms with Gasteiger partial charge in [-0.05, 0) is 97.9 Å². The number of amides is 4. The van der Waals surface area contributed by atoms with Crippen LogP contribution in [0, 0.1) is 0 Å². The molecule has 57 heavy (non-hydrogen) atoms. The number of aromatic amines is 1. The summed E-state index contributed by atoms with van der Waals surface area (Å²) >= 11 is 0. The van der Waals surface area contributed by atoms with E-state index >= 15 is 0 Å². The highest BCUT2D eigenvalue weighted by Crippen LogP contribution is 2.18. The second-order valence-electron chi connectivity index (χ2n) is 15.8. The molecule has 0 saturated carbocycles. The number of unbranched alkanes of at least 4 members (excludes halogenated alkanes) is 2. The van der Waals surface area contributed by atoms with Crippen LogP contribution in [0.2, 0.25) is 0 Å². The lowest BCUT2D eigenvalue weighted by Crippen LogP contribution is -2.41. The summed E-state index contributed by atoms with van der Waals surface area (Å²) in [5.74, 6) is -0.312. The number of hydrogen-bond donors (Lipinski definition) is 6. The molecule has 3 rings (SSSR count). The molecule has 4 amide bonds. The van der Waals surface area contributed by atoms with Crippen LogP contribution in [0.15, 0.2) is 29.1 Å². The quantitative estimate of drug-likeness (QED) is 0.0844. The van der Waals surface area contributed by atoms with E-state index in [9.17, 15) is 24.0 Å². The van der Waals surface area contributed by atoms with E-state index in [-0.39, 0.29) is 37.0 Å². The van der Waals surface area contributed by atoms with Crippen molar-refractivity contribution in [2.24, 2.45) is 5.73 Å². The molecule has 8 N–H and O–H groups in total. The minimum Gasteiger partial charge on any atom is -0.444 e. The molecule has 0 saturated heterocycles. The molecule has 1 aromatic carbocycles. The van der Waals surface area contributed by atoms with Crippen molar-refractivity contribution in [3.8, 4) is 0 Å². The Morgan fingerprint density at radius 3 is 1.95 bits per heavy atom. The van der Waals surface area contributed by atoms with Gasteiger partial charge < -0.3 is 51.7 Å². The van der Waals surface area contributed by atoms with Gasteiger partial charge >= 0.3 is 17.9 Å². The summed E-state index contributed by atoms with van der Waals surface area (Å²) in [7, 11) is 0. The number of nitrogens with zero attached hydrogens (tertiary/aromatic N) is 5. The number of H-pyrrole nitrogens is 1. The van der Waals surface area contributed by atoms with Crippen molar-refractivity contribution in [1.82, 2.24) is 40.0 Å². The van der Waals surface area contributed by atoms with Gasteiger partial charge in [0.25, 0.3) is 5.91 Å². The number of imidazole rings is 1. The van der Waals surface area contributed by atoms with Crippen LogP contribution >= 0.6 is 0 Å². The van der Waals surface area contributed by atoms with Gasteiger partial charge in [-0.25, -0.2) is 14.4 Å². The second kappa shape index (κ2) is 21.8. The number of hydrogen-bond acceptors (Lipinski definition) is 12. The Kier molecular flexibility index (Phi) is 17.6. The van der Waals surface area contributed by atoms with E-state index < -0.39 is 29.3 Å². The topological polar surface area (TPSA) is 245 Å². The van der Waals surface area contributed by atoms with Gasteiger partial charge in [0.05, 0.1) is 13.1 Å². The zero-order valence-corrected chi connectivity index (χ0v) is 34.7. The first-order valence-electron chi connectivity index (χ1n) is 19.7. The third-order valence-corrected chi connectivity index (χ3v) is 8.40. The van der Waals surface area contributed by atoms with Gasteiger partial charge in [-0.15, -0.1) is 0 Å². The van der Waals surface area contributed by atoms with Crippen molar-refractivity contribution >= 4 is 46.9 Å². The van der Waals surface area contributed by atoms with E-state index in [0.29, 0.717) is 87.6 Å². The molecule has 0 fully saturated rings. The Hall–Kier alpha value is -5.39. The first-order chi connectivity index (χ1) is 26.9. The van der Waals surface area contributed by atoms with Crippen LogP contribution in [0.5, 0.6) is 0 Å². The standard InChI is InChI=1S/C39H63N11O7/c1-8-9-19-43-34-46-31(41)30-32(47-34)50(35(53)45-30)26-27-14-16-28(17-15-27)33(52)44-25-29(51)42-20-13-24-49(37(55)57-39(5,6)7)22-11-10-21-48(23-12-18-40)36(54)56-38(2,3)4/h14-17H,8-13,18-26,40H2,1-7H3,(H,42,51)(H,44,52)(H,45,53)(H3,41,43,46,47). The fourth-order valence-electron chi connectivity index (χ4n) is 5.55. The van der Waals surface area contributed by atoms with Gasteiger partial charge in [0.15, 0.2) is 11.5 Å². The van der Waals surface area contributed by atoms with Crippen LogP contribution in [0.3, 0.4) is 0 Å². The van der Waals surface area contributed by atoms with E-state index in [4.69, 9.17) is 20.9 Å². The highest BCUT2D eigenvalue weighted by molar-refractivity contribution is 5.96. The van der Waals surface area contributed by atoms with Crippen molar-refractivity contribution in [2.45, 2.75) is 105 Å². The minimum atomic E-state index is -0.686. The van der Waals surface area contributed by atoms with E-state index in [2.05, 4.69) is 37.8 Å². The summed E-state index contributed by atoms with van der Waals surface area (Å²) in [5.41, 5.74) is 11.9. The van der Waals surface area contributed by atoms with Crippen LogP contribution in [0.25, 0.3) is 11.2 Å². The summed E-state index contributed by atoms with van der Waals surface area (Å²) in [6, 6.07) is 6.68. The maximum Gasteiger partial charge on any atom is 0.410 e. The maximum absolute atomic E-state index is 13.0. The van der Waals surface area contributed by atoms with Gasteiger partial charge in [-0.1, -0.05) is 25.5 Å². The normalized spacial score (nSPS) is 11.6. The predicted molar refractivity (Wildman–Crippen MR) is 220 cm³/mol. The van der Waals surface area contributed by atoms with Crippen LogP contribution in [0.4, 0.5) is 21.4 Å². The largest absolute Gasteiger partial charge is 0.444 e. The molecule has 18 nitrogen and oxygen atoms in total. The van der Waals surface area contributed by atoms with Crippen molar-refractivity contribution in [3.63, 3.8) is 0 Å². The number of nitrogen functional groups attached to an aromatic ring is 1. The molecule has 0 spiro atoms. The van der Waals surface area contributed by atoms with E-state index in [1.165, 1.54) is 4.57 Å². The van der Waals surface area contributed by atoms with Crippen molar-refractivity contribution in [1.29, 1.82) is 0 Å². The lowest BCUT2D eigenvalue weighted by atomic mass is 10.1. The third kappa shape index (κ3) is 15.9. The highest BCUT2D eigenvalue weighted by Gasteiger charge is 2.24. The van der Waals surface area contributed by atoms with Gasteiger partial charge in [0.1, 0.15) is 16.7 Å². The van der Waals surface area contributed by atoms with Crippen molar-refractivity contribution in [3.05, 3.63) is 45.9 Å². The molecule has 0 unspecified atom stereocenters. The van der Waals surface area contributed by atoms with Gasteiger partial charge in [0, 0.05) is 44.8 Å². The smallest absolute Gasteiger partial charge is 0.410 e. The first-order valence-corrected chi connectivity index (χ1v) is 19.7. The van der Waals surface area contributed by atoms with Crippen LogP contribution in [-0.4, -0.2) is 117 Å². The number of fused-ring (bicyclic) bond motifs is 1. The van der Waals surface area contributed by atoms with Crippen LogP contribution in [-0.2, 0) is 20.8 Å². The van der Waals surface area contributed by atoms with Crippen molar-refractivity contribution in [2.75, 3.05) is 63.4 Å². The Morgan fingerprint density at radius 1 is 0.807 bits per heavy atom. The Morgan fingerprint density at radius 2 is 1.39 bits per heavy atom. The average Bonchev–Trinajstić information content (AvgIpc) is 3.44. The number of aromatic nitrogens is 4. The predicted octanol–water partition coefficient (Wildman–Crippen LogP) is 3.80. The molecule has 316 valence electrons. The number of anilines is 2. The summed E-state index contributed by atoms with van der Waals surface area (Å²) in [4.78, 5) is 78.6. The lowest BCUT2D eigenvalue weighted by Gasteiger charge is -2.29. The molecule has 0 radical (unpaired) electrons. The highest BCUT2D eigenvalue weighted by atomic mass is 16.6. The van der Waals surface area contributed by atoms with E-state index in [0.717, 1.165) is 18.4 Å². The summed E-state index contributed by atoms with van der Waals surface area (Å²) in [6.07, 6.45) is 3.42. The van der Waals surface area contributed by atoms with Gasteiger partial charge in [0.2, 0.25) is 11.9 Å². The Labute approximate surface area is 334 Å². The number of nitrogens with two attached hydrogens (primary N) is 2. The zero-order chi connectivity index (χ0) is 42.2. The zero-order valence-electron chi connectivity index (χ0n) is 34.7. The molecule has 0 aliphatic carbocycles. The summed E-state index contributed by atoms with van der Waals surface area (Å²) < 4.78 is 12.6. The lowest BCUT2D eigenvalue weighted by molar-refractivity contribution is -0.120. The van der Waals surface area contributed by atoms with Crippen LogP contribution < -0.4 is 33.1 Å². The Bertz CT molecular complexity index is 1830. The van der Waals surface area contributed by atoms with Gasteiger partial charge in [-0.3, -0.25) is 14.2 Å². The molecule has 18 heteroatoms. The monoisotopic (exact) mass is 797 g/mol. The number of benzene rings is 1. The average molecular weight is 798 g/mol. The van der Waals surface area contributed by atoms with Crippen LogP contribution in [0.1, 0.15) is 103 Å². The van der Waals surface area contributed by atoms with E-state index in [1.807, 2.05) is 20.8 Å². The second-order valence-corrected chi connectivity index (χ2v) is 15.8. The fraction of sp³-hybridized carbons (Fsp3) is 0.615. The molecule has 0 atom stereocenters. The molecule has 0 aliphatic heterocycles. The molecule has 3 aromatic rings. The van der Waals surface area contributed by atoms with Gasteiger partial charge in [-0.2, -0.15) is 9.97 Å². The molecule has 2 aromatic heterocycles. The maximum atomic E-state index is 13.0. The number of ether oxygens (including phenoxy) is 2. The van der Waals surface area contributed by atoms with E-state index in [1.54, 1.807) is 54.8 Å². The molecule has 0 aliphatic rings. The molecule has 0 bridgehead atoms. The van der Waals surface area contributed by atoms with Crippen molar-refractivity contribution < 1.29 is 28.7 Å². The number of carbonyl (C=O) groups excluding carboxylic acids is 4. The SMILES string of the molecule is CCCCNc1nc(N)c2[nH]c(=O)n(Cc3ccc(C(=O)NCC(=O)NCCCN(CCCCN(CCCN)C(=O)OC(C)(C)C)C(=O)OC(C)(C)C)cc3)c2n1. The summed E-state index contributed by atoms with van der Waals surface area (Å²) in [5, 5.41) is 8.54. The minimum absolute atomic E-state index is 0.167. The number of nitrogens with one attached hydrogen (secondary N) is 4. The number of rotatable bonds is 21. The Balaban J connectivity index is 1.48. The number of carbonyl (C=O) groups is 4. The molecule has 2 heterocycles. The summed E-state index contributed by atoms with van der Waals surface area (Å²) in [6.45, 7) is 15.9. The third-order valence-electron chi connectivity index (χ3n) is 8.40. The molecular formula is C39H63N11O7. The first kappa shape index (κ1) is 46.0. The molecular weight excluding hydrogens is 734 g/mol. The fourth-order valence-corrected chi connectivity index (χ4v) is 5.55.